The maximum Gasteiger partial charge on any atom is 0.261 e. The SMILES string of the molecule is CCCCCC(CCCCC)N1C(=O)c2ccc3c4c(N5CCCCC5)cc5c6c(ccc(c7c(N(C)CC)cc(c2c37)C1=O)c64)C(=O)N(C(CCCCC)CCCCC)C5=O. The fourth-order valence-corrected chi connectivity index (χ4v) is 11.3. The molecule has 3 aliphatic rings. The van der Waals surface area contributed by atoms with Crippen molar-refractivity contribution in [1.82, 2.24) is 9.80 Å². The number of nitrogens with zero attached hydrogens (tertiary/aromatic N) is 4. The third-order valence-corrected chi connectivity index (χ3v) is 14.7. The molecule has 8 rings (SSSR count). The Kier molecular flexibility index (Phi) is 13.4. The quantitative estimate of drug-likeness (QED) is 0.0317. The zero-order valence-electron chi connectivity index (χ0n) is 38.6. The molecule has 5 aromatic rings. The summed E-state index contributed by atoms with van der Waals surface area (Å²) in [6.45, 7) is 13.4. The van der Waals surface area contributed by atoms with Crippen LogP contribution >= 0.6 is 0 Å². The molecule has 3 aliphatic heterocycles. The van der Waals surface area contributed by atoms with Gasteiger partial charge in [0.15, 0.2) is 0 Å². The first kappa shape index (κ1) is 43.9. The summed E-state index contributed by atoms with van der Waals surface area (Å²) in [4.78, 5) is 68.2. The largest absolute Gasteiger partial charge is 0.374 e. The van der Waals surface area contributed by atoms with Crippen molar-refractivity contribution in [2.75, 3.05) is 36.5 Å². The normalized spacial score (nSPS) is 15.7. The highest BCUT2D eigenvalue weighted by Crippen LogP contribution is 2.52. The lowest BCUT2D eigenvalue weighted by Gasteiger charge is -2.38. The number of hydrogen-bond acceptors (Lipinski definition) is 6. The van der Waals surface area contributed by atoms with Crippen LogP contribution in [0.4, 0.5) is 11.4 Å². The lowest BCUT2D eigenvalue weighted by atomic mass is 9.80. The lowest BCUT2D eigenvalue weighted by Crippen LogP contribution is -2.47. The second-order valence-corrected chi connectivity index (χ2v) is 18.8. The Morgan fingerprint density at radius 1 is 0.484 bits per heavy atom. The molecule has 0 unspecified atom stereocenters. The van der Waals surface area contributed by atoms with Gasteiger partial charge in [-0.1, -0.05) is 117 Å². The van der Waals surface area contributed by atoms with E-state index in [0.717, 1.165) is 190 Å². The first-order chi connectivity index (χ1) is 30.2. The molecule has 62 heavy (non-hydrogen) atoms. The van der Waals surface area contributed by atoms with Crippen molar-refractivity contribution in [3.05, 3.63) is 58.7 Å². The Morgan fingerprint density at radius 2 is 0.903 bits per heavy atom. The van der Waals surface area contributed by atoms with E-state index in [-0.39, 0.29) is 35.7 Å². The van der Waals surface area contributed by atoms with Crippen LogP contribution in [0, 0.1) is 0 Å². The number of rotatable bonds is 21. The number of unbranched alkanes of at least 4 members (excludes halogenated alkanes) is 8. The van der Waals surface area contributed by atoms with Gasteiger partial charge < -0.3 is 9.80 Å². The van der Waals surface area contributed by atoms with Gasteiger partial charge in [0.25, 0.3) is 23.6 Å². The maximum atomic E-state index is 15.2. The Hall–Kier alpha value is -4.72. The molecule has 0 bridgehead atoms. The van der Waals surface area contributed by atoms with Crippen LogP contribution in [0.3, 0.4) is 0 Å². The van der Waals surface area contributed by atoms with Crippen LogP contribution in [0.1, 0.15) is 198 Å². The highest BCUT2D eigenvalue weighted by atomic mass is 16.2. The molecule has 0 radical (unpaired) electrons. The number of anilines is 2. The number of hydrogen-bond donors (Lipinski definition) is 0. The molecular weight excluding hydrogens is 769 g/mol. The van der Waals surface area contributed by atoms with Crippen LogP contribution < -0.4 is 9.80 Å². The average Bonchev–Trinajstić information content (AvgIpc) is 3.29. The summed E-state index contributed by atoms with van der Waals surface area (Å²) < 4.78 is 0. The first-order valence-corrected chi connectivity index (χ1v) is 24.7. The second kappa shape index (κ2) is 18.9. The molecule has 330 valence electrons. The molecule has 1 fully saturated rings. The van der Waals surface area contributed by atoms with Gasteiger partial charge in [-0.05, 0) is 86.9 Å². The number of carbonyl (C=O) groups is 4. The van der Waals surface area contributed by atoms with Gasteiger partial charge in [-0.25, -0.2) is 0 Å². The van der Waals surface area contributed by atoms with Gasteiger partial charge >= 0.3 is 0 Å². The van der Waals surface area contributed by atoms with Crippen molar-refractivity contribution in [2.24, 2.45) is 0 Å². The number of benzene rings is 5. The number of imide groups is 2. The Labute approximate surface area is 369 Å². The third kappa shape index (κ3) is 7.51. The molecule has 1 saturated heterocycles. The van der Waals surface area contributed by atoms with Gasteiger partial charge in [0.1, 0.15) is 0 Å². The summed E-state index contributed by atoms with van der Waals surface area (Å²) in [6.07, 6.45) is 19.2. The standard InChI is InChI=1S/C54H70N4O4/c1-7-12-17-23-35(24-18-13-8-2)57-51(59)39-30-28-38-48-44(56-31-21-16-22-32-56)34-42-46-40(52(60)58(54(42)62)36(25-19-14-9-3)26-20-15-10-4)29-27-37(50(46)48)47-43(55(6)11-5)33-41(53(57)61)45(39)49(38)47/h27-30,33-36H,7-26,31-32H2,1-6H3. The summed E-state index contributed by atoms with van der Waals surface area (Å²) in [5.41, 5.74) is 4.34. The van der Waals surface area contributed by atoms with Crippen molar-refractivity contribution in [2.45, 2.75) is 169 Å². The van der Waals surface area contributed by atoms with Gasteiger partial charge in [0.2, 0.25) is 0 Å². The molecule has 3 heterocycles. The fraction of sp³-hybridized carbons (Fsp3) is 0.556. The fourth-order valence-electron chi connectivity index (χ4n) is 11.3. The van der Waals surface area contributed by atoms with Crippen LogP contribution in [-0.4, -0.2) is 72.2 Å². The van der Waals surface area contributed by atoms with Crippen molar-refractivity contribution in [3.8, 4) is 0 Å². The molecule has 0 spiro atoms. The predicted octanol–water partition coefficient (Wildman–Crippen LogP) is 13.4. The molecule has 0 saturated carbocycles. The van der Waals surface area contributed by atoms with E-state index in [4.69, 9.17) is 0 Å². The second-order valence-electron chi connectivity index (χ2n) is 18.8. The first-order valence-electron chi connectivity index (χ1n) is 24.7. The maximum absolute atomic E-state index is 15.2. The summed E-state index contributed by atoms with van der Waals surface area (Å²) in [5, 5.41) is 7.28. The lowest BCUT2D eigenvalue weighted by molar-refractivity contribution is 0.0501. The van der Waals surface area contributed by atoms with Crippen molar-refractivity contribution < 1.29 is 19.2 Å². The van der Waals surface area contributed by atoms with E-state index in [9.17, 15) is 9.59 Å². The average molecular weight is 839 g/mol. The molecule has 4 amide bonds. The number of amides is 4. The van der Waals surface area contributed by atoms with E-state index in [1.54, 1.807) is 9.80 Å². The molecule has 8 nitrogen and oxygen atoms in total. The molecule has 0 aromatic heterocycles. The number of carbonyl (C=O) groups excluding carboxylic acids is 4. The van der Waals surface area contributed by atoms with Gasteiger partial charge in [0.05, 0.1) is 11.1 Å². The molecule has 8 heteroatoms. The molecule has 0 atom stereocenters. The highest BCUT2D eigenvalue weighted by molar-refractivity contribution is 6.44. The van der Waals surface area contributed by atoms with Gasteiger partial charge in [0, 0.05) is 93.6 Å². The minimum Gasteiger partial charge on any atom is -0.374 e. The van der Waals surface area contributed by atoms with E-state index in [0.29, 0.717) is 28.8 Å². The zero-order chi connectivity index (χ0) is 43.7. The van der Waals surface area contributed by atoms with Crippen LogP contribution in [0.15, 0.2) is 36.4 Å². The summed E-state index contributed by atoms with van der Waals surface area (Å²) in [6, 6.07) is 12.0. The van der Waals surface area contributed by atoms with Crippen molar-refractivity contribution in [3.63, 3.8) is 0 Å². The topological polar surface area (TPSA) is 81.2 Å². The zero-order valence-corrected chi connectivity index (χ0v) is 38.6. The van der Waals surface area contributed by atoms with E-state index in [1.807, 2.05) is 18.2 Å². The van der Waals surface area contributed by atoms with E-state index >= 15 is 9.59 Å². The summed E-state index contributed by atoms with van der Waals surface area (Å²) in [7, 11) is 2.07. The minimum atomic E-state index is -0.189. The minimum absolute atomic E-state index is 0.142. The predicted molar refractivity (Wildman–Crippen MR) is 258 cm³/mol. The molecule has 5 aromatic carbocycles. The van der Waals surface area contributed by atoms with Crippen LogP contribution in [-0.2, 0) is 0 Å². The molecule has 0 aliphatic carbocycles. The summed E-state index contributed by atoms with van der Waals surface area (Å²) in [5.74, 6) is -0.737. The Morgan fingerprint density at radius 3 is 1.35 bits per heavy atom. The number of fused-ring (bicyclic) bond motifs is 2. The Balaban J connectivity index is 1.40. The van der Waals surface area contributed by atoms with Gasteiger partial charge in [-0.15, -0.1) is 0 Å². The van der Waals surface area contributed by atoms with Crippen LogP contribution in [0.5, 0.6) is 0 Å². The van der Waals surface area contributed by atoms with Gasteiger partial charge in [-0.2, -0.15) is 0 Å². The van der Waals surface area contributed by atoms with Crippen LogP contribution in [0.2, 0.25) is 0 Å². The third-order valence-electron chi connectivity index (χ3n) is 14.7. The summed E-state index contributed by atoms with van der Waals surface area (Å²) >= 11 is 0. The molecular formula is C54H70N4O4. The number of piperidine rings is 1. The van der Waals surface area contributed by atoms with Gasteiger partial charge in [-0.3, -0.25) is 29.0 Å². The highest BCUT2D eigenvalue weighted by Gasteiger charge is 2.42. The van der Waals surface area contributed by atoms with Crippen molar-refractivity contribution in [1.29, 1.82) is 0 Å². The van der Waals surface area contributed by atoms with E-state index in [1.165, 1.54) is 0 Å². The molecule has 0 N–H and O–H groups in total. The monoisotopic (exact) mass is 839 g/mol. The van der Waals surface area contributed by atoms with E-state index in [2.05, 4.69) is 69.7 Å². The Bertz CT molecular complexity index is 2460. The van der Waals surface area contributed by atoms with Crippen molar-refractivity contribution >= 4 is 78.1 Å². The van der Waals surface area contributed by atoms with Crippen LogP contribution in [0.25, 0.3) is 43.1 Å². The smallest absolute Gasteiger partial charge is 0.261 e. The van der Waals surface area contributed by atoms with E-state index < -0.39 is 0 Å².